The second kappa shape index (κ2) is 22.9. The number of fused-ring (bicyclic) bond motifs is 8. The number of esters is 2. The molecule has 7 rings (SSSR count). The van der Waals surface area contributed by atoms with E-state index >= 15 is 0 Å². The predicted octanol–water partition coefficient (Wildman–Crippen LogP) is 8.01. The van der Waals surface area contributed by atoms with Gasteiger partial charge in [-0.1, -0.05) is 69.9 Å². The van der Waals surface area contributed by atoms with Crippen LogP contribution in [0.2, 0.25) is 0 Å². The first kappa shape index (κ1) is 46.5. The van der Waals surface area contributed by atoms with Crippen molar-refractivity contribution < 1.29 is 42.8 Å². The molecule has 0 aromatic heterocycles. The molecule has 0 spiro atoms. The Morgan fingerprint density at radius 2 is 1.16 bits per heavy atom. The lowest BCUT2D eigenvalue weighted by Gasteiger charge is -2.25. The first-order chi connectivity index (χ1) is 29.7. The van der Waals surface area contributed by atoms with Crippen molar-refractivity contribution in [3.05, 3.63) is 23.3 Å². The highest BCUT2D eigenvalue weighted by Gasteiger charge is 2.63. The molecule has 0 aromatic rings. The molecule has 2 aliphatic carbocycles. The van der Waals surface area contributed by atoms with Gasteiger partial charge in [0.2, 0.25) is 0 Å². The summed E-state index contributed by atoms with van der Waals surface area (Å²) in [5.41, 5.74) is 1.94. The van der Waals surface area contributed by atoms with Gasteiger partial charge in [-0.2, -0.15) is 0 Å². The number of carbonyl (C=O) groups is 3. The summed E-state index contributed by atoms with van der Waals surface area (Å²) >= 11 is 0. The van der Waals surface area contributed by atoms with E-state index in [1.807, 2.05) is 0 Å². The molecule has 0 saturated carbocycles. The molecule has 7 aliphatic rings. The fourth-order valence-electron chi connectivity index (χ4n) is 11.0. The molecule has 61 heavy (non-hydrogen) atoms. The lowest BCUT2D eigenvalue weighted by molar-refractivity contribution is -0.145. The van der Waals surface area contributed by atoms with Crippen LogP contribution in [0.25, 0.3) is 0 Å². The van der Waals surface area contributed by atoms with E-state index in [4.69, 9.17) is 28.4 Å². The third-order valence-electron chi connectivity index (χ3n) is 15.1. The first-order valence-electron chi connectivity index (χ1n) is 24.7. The maximum Gasteiger partial charge on any atom is 0.407 e. The lowest BCUT2D eigenvalue weighted by Crippen LogP contribution is -2.34. The standard InChI is InChI=1S/C49H79N3O9/c1-48-25-16-18-35-21-23-38-37(34-57-42(38)44(48)60-48)30-50-27-13-9-6-7-10-14-28-51-31-40-39-24-22-36(19-17-26-49(2)45(61-49)43(39)59-46(40)54)33-58-47(55)52-29-15-11-5-3-4-8-12-20-41(53)56-32-35/h18-19,37-40,42-45,50-51H,3-17,20-34H2,1-2H3,(H,52,55)/b35-18+,36-19+/t37-,38+,39+,40+,42+,43+,44+,45+,48-,49-/m1/s1. The van der Waals surface area contributed by atoms with Crippen LogP contribution in [-0.4, -0.2) is 106 Å². The number of alkyl carbamates (subject to hydrolysis) is 1. The zero-order valence-corrected chi connectivity index (χ0v) is 37.7. The smallest absolute Gasteiger partial charge is 0.407 e. The summed E-state index contributed by atoms with van der Waals surface area (Å²) in [6, 6.07) is 0. The van der Waals surface area contributed by atoms with Crippen LogP contribution in [0.5, 0.6) is 0 Å². The number of allylic oxidation sites excluding steroid dienone is 2. The number of nitrogens with one attached hydrogen (secondary N) is 3. The molecule has 10 atom stereocenters. The molecule has 0 aromatic carbocycles. The van der Waals surface area contributed by atoms with E-state index in [1.165, 1.54) is 37.7 Å². The maximum absolute atomic E-state index is 13.2. The largest absolute Gasteiger partial charge is 0.461 e. The summed E-state index contributed by atoms with van der Waals surface area (Å²) in [6.45, 7) is 9.91. The molecular formula is C49H79N3O9. The molecule has 0 unspecified atom stereocenters. The first-order valence-corrected chi connectivity index (χ1v) is 24.7. The molecule has 5 saturated heterocycles. The maximum atomic E-state index is 13.2. The number of hydrogen-bond acceptors (Lipinski definition) is 11. The lowest BCUT2D eigenvalue weighted by atomic mass is 9.80. The Balaban J connectivity index is 0.883. The van der Waals surface area contributed by atoms with E-state index < -0.39 is 0 Å². The Labute approximate surface area is 366 Å². The summed E-state index contributed by atoms with van der Waals surface area (Å²) in [5, 5.41) is 10.3. The molecule has 3 N–H and O–H groups in total. The van der Waals surface area contributed by atoms with E-state index in [2.05, 4.69) is 41.9 Å². The molecule has 12 heteroatoms. The molecule has 5 fully saturated rings. The zero-order valence-electron chi connectivity index (χ0n) is 37.7. The van der Waals surface area contributed by atoms with Crippen molar-refractivity contribution in [2.75, 3.05) is 52.5 Å². The van der Waals surface area contributed by atoms with Crippen LogP contribution in [0.4, 0.5) is 4.79 Å². The van der Waals surface area contributed by atoms with Crippen molar-refractivity contribution in [3.8, 4) is 0 Å². The summed E-state index contributed by atoms with van der Waals surface area (Å²) in [7, 11) is 0. The molecule has 0 radical (unpaired) electrons. The van der Waals surface area contributed by atoms with Crippen LogP contribution in [0.1, 0.15) is 155 Å². The van der Waals surface area contributed by atoms with E-state index in [9.17, 15) is 14.4 Å². The molecule has 5 aliphatic heterocycles. The molecule has 1 amide bonds. The van der Waals surface area contributed by atoms with Gasteiger partial charge in [0, 0.05) is 37.9 Å². The molecule has 344 valence electrons. The van der Waals surface area contributed by atoms with Crippen LogP contribution in [0, 0.1) is 23.7 Å². The Kier molecular flexibility index (Phi) is 17.5. The van der Waals surface area contributed by atoms with Crippen LogP contribution in [0.3, 0.4) is 0 Å². The van der Waals surface area contributed by atoms with Gasteiger partial charge in [-0.15, -0.1) is 0 Å². The minimum atomic E-state index is -0.379. The van der Waals surface area contributed by atoms with Gasteiger partial charge in [-0.25, -0.2) is 4.79 Å². The van der Waals surface area contributed by atoms with E-state index in [-0.39, 0.29) is 72.1 Å². The Hall–Kier alpha value is -2.51. The Morgan fingerprint density at radius 3 is 1.84 bits per heavy atom. The summed E-state index contributed by atoms with van der Waals surface area (Å²) in [4.78, 5) is 38.6. The number of epoxide rings is 2. The number of cyclic esters (lactones) is 2. The summed E-state index contributed by atoms with van der Waals surface area (Å²) < 4.78 is 36.6. The molecule has 12 nitrogen and oxygen atoms in total. The van der Waals surface area contributed by atoms with Crippen LogP contribution < -0.4 is 16.0 Å². The minimum Gasteiger partial charge on any atom is -0.461 e. The van der Waals surface area contributed by atoms with E-state index in [0.717, 1.165) is 135 Å². The highest BCUT2D eigenvalue weighted by molar-refractivity contribution is 5.76. The Bertz CT molecular complexity index is 1500. The van der Waals surface area contributed by atoms with Gasteiger partial charge in [0.05, 0.1) is 29.8 Å². The van der Waals surface area contributed by atoms with E-state index in [0.29, 0.717) is 38.0 Å². The van der Waals surface area contributed by atoms with Crippen molar-refractivity contribution in [2.45, 2.75) is 191 Å². The van der Waals surface area contributed by atoms with Crippen molar-refractivity contribution >= 4 is 18.0 Å². The average molecular weight is 854 g/mol. The summed E-state index contributed by atoms with van der Waals surface area (Å²) in [5.74, 6) is 0.569. The van der Waals surface area contributed by atoms with Crippen molar-refractivity contribution in [3.63, 3.8) is 0 Å². The van der Waals surface area contributed by atoms with Gasteiger partial charge in [-0.3, -0.25) is 9.59 Å². The van der Waals surface area contributed by atoms with Crippen LogP contribution in [0.15, 0.2) is 23.3 Å². The van der Waals surface area contributed by atoms with Gasteiger partial charge in [-0.05, 0) is 121 Å². The highest BCUT2D eigenvalue weighted by Crippen LogP contribution is 2.51. The molecular weight excluding hydrogens is 775 g/mol. The van der Waals surface area contributed by atoms with Gasteiger partial charge >= 0.3 is 18.0 Å². The van der Waals surface area contributed by atoms with Crippen molar-refractivity contribution in [1.82, 2.24) is 16.0 Å². The number of hydrogen-bond donors (Lipinski definition) is 3. The third kappa shape index (κ3) is 13.5. The second-order valence-electron chi connectivity index (χ2n) is 19.9. The van der Waals surface area contributed by atoms with Gasteiger partial charge in [0.15, 0.2) is 0 Å². The van der Waals surface area contributed by atoms with Crippen molar-refractivity contribution in [2.24, 2.45) is 23.7 Å². The number of carbonyl (C=O) groups excluding carboxylic acids is 3. The van der Waals surface area contributed by atoms with Crippen LogP contribution in [-0.2, 0) is 38.0 Å². The quantitative estimate of drug-likeness (QED) is 0.0942. The number of rotatable bonds is 0. The zero-order chi connectivity index (χ0) is 42.5. The minimum absolute atomic E-state index is 0.0430. The molecule has 5 heterocycles. The fraction of sp³-hybridized carbons (Fsp3) is 0.857. The van der Waals surface area contributed by atoms with Crippen LogP contribution >= 0.6 is 0 Å². The van der Waals surface area contributed by atoms with Crippen molar-refractivity contribution in [1.29, 1.82) is 0 Å². The highest BCUT2D eigenvalue weighted by atomic mass is 16.7. The number of ether oxygens (including phenoxy) is 6. The normalized spacial score (nSPS) is 40.7. The topological polar surface area (TPSA) is 149 Å². The summed E-state index contributed by atoms with van der Waals surface area (Å²) in [6.07, 6.45) is 26.1. The van der Waals surface area contributed by atoms with E-state index in [1.54, 1.807) is 0 Å². The fourth-order valence-corrected chi connectivity index (χ4v) is 11.0. The average Bonchev–Trinajstić information content (AvgIpc) is 4.01. The number of amides is 1. The predicted molar refractivity (Wildman–Crippen MR) is 234 cm³/mol. The van der Waals surface area contributed by atoms with Gasteiger partial charge in [0.1, 0.15) is 31.5 Å². The SMILES string of the molecule is C[C@@]12CC/C=C3\CC[C@@H]4[C@H](OC(=O)[C@H]4CNCCCCCCCCNC[C@@H]4CO[C@H]5[C@H]4CC/C(=C\CC[C@@]4(C)O[C@@H]54)COC(=O)CCCCCCCCCNC(=O)OC3)[C@@H]1O2. The monoisotopic (exact) mass is 854 g/mol. The second-order valence-corrected chi connectivity index (χ2v) is 19.9. The molecule has 4 bridgehead atoms. The third-order valence-corrected chi connectivity index (χ3v) is 15.1. The van der Waals surface area contributed by atoms with Gasteiger partial charge < -0.3 is 44.4 Å². The van der Waals surface area contributed by atoms with Gasteiger partial charge in [0.25, 0.3) is 0 Å². The Morgan fingerprint density at radius 1 is 0.607 bits per heavy atom.